The zero-order chi connectivity index (χ0) is 9.52. The van der Waals surface area contributed by atoms with Crippen LogP contribution in [0.15, 0.2) is 36.2 Å². The van der Waals surface area contributed by atoms with Crippen LogP contribution in [-0.4, -0.2) is 4.98 Å². The third-order valence-corrected chi connectivity index (χ3v) is 1.57. The summed E-state index contributed by atoms with van der Waals surface area (Å²) in [6.45, 7) is 4.00. The molecule has 0 saturated carbocycles. The molecule has 1 heterocycles. The fourth-order valence-electron chi connectivity index (χ4n) is 1.03. The topological polar surface area (TPSA) is 12.9 Å². The lowest BCUT2D eigenvalue weighted by atomic mass is 10.3. The van der Waals surface area contributed by atoms with Crippen LogP contribution in [0.4, 0.5) is 0 Å². The molecule has 0 N–H and O–H groups in total. The highest BCUT2D eigenvalue weighted by Gasteiger charge is 1.82. The second kappa shape index (κ2) is 5.13. The maximum absolute atomic E-state index is 4.20. The van der Waals surface area contributed by atoms with Crippen molar-refractivity contribution in [3.05, 3.63) is 46.8 Å². The average Bonchev–Trinajstić information content (AvgIpc) is 2.45. The summed E-state index contributed by atoms with van der Waals surface area (Å²) in [6.07, 6.45) is 9.51. The van der Waals surface area contributed by atoms with E-state index in [9.17, 15) is 0 Å². The van der Waals surface area contributed by atoms with Gasteiger partial charge in [-0.3, -0.25) is 4.98 Å². The first-order valence-corrected chi connectivity index (χ1v) is 4.51. The van der Waals surface area contributed by atoms with Gasteiger partial charge in [-0.2, -0.15) is 0 Å². The first-order valence-electron chi connectivity index (χ1n) is 4.51. The minimum atomic E-state index is 1.01. The molecule has 0 atom stereocenters. The summed E-state index contributed by atoms with van der Waals surface area (Å²) in [5.74, 6) is 0. The van der Waals surface area contributed by atoms with Crippen LogP contribution in [0.2, 0.25) is 0 Å². The van der Waals surface area contributed by atoms with Gasteiger partial charge in [0.05, 0.1) is 5.35 Å². The molecule has 66 valence electrons. The molecule has 0 radical (unpaired) electrons. The Morgan fingerprint density at radius 1 is 1.15 bits per heavy atom. The van der Waals surface area contributed by atoms with E-state index in [1.54, 1.807) is 6.20 Å². The number of hydrogen-bond donors (Lipinski definition) is 0. The van der Waals surface area contributed by atoms with E-state index in [1.807, 2.05) is 50.3 Å². The Balaban J connectivity index is 0.000000396. The minimum Gasteiger partial charge on any atom is -0.256 e. The highest BCUT2D eigenvalue weighted by Crippen LogP contribution is 1.77. The van der Waals surface area contributed by atoms with Gasteiger partial charge in [0.25, 0.3) is 0 Å². The van der Waals surface area contributed by atoms with Crippen LogP contribution in [0.25, 0.3) is 12.2 Å². The van der Waals surface area contributed by atoms with E-state index in [-0.39, 0.29) is 0 Å². The zero-order valence-electron chi connectivity index (χ0n) is 7.99. The average molecular weight is 171 g/mol. The summed E-state index contributed by atoms with van der Waals surface area (Å²) in [5, 5.41) is 2.16. The second-order valence-corrected chi connectivity index (χ2v) is 2.31. The predicted octanol–water partition coefficient (Wildman–Crippen LogP) is 1.39. The van der Waals surface area contributed by atoms with E-state index >= 15 is 0 Å². The first-order chi connectivity index (χ1) is 6.47. The van der Waals surface area contributed by atoms with Crippen LogP contribution >= 0.6 is 0 Å². The molecule has 0 aromatic carbocycles. The molecule has 0 unspecified atom stereocenters. The van der Waals surface area contributed by atoms with E-state index in [0.717, 1.165) is 10.6 Å². The monoisotopic (exact) mass is 171 g/mol. The Morgan fingerprint density at radius 3 is 2.77 bits per heavy atom. The van der Waals surface area contributed by atoms with E-state index in [2.05, 4.69) is 10.7 Å². The van der Waals surface area contributed by atoms with Crippen molar-refractivity contribution >= 4 is 12.2 Å². The van der Waals surface area contributed by atoms with Crippen molar-refractivity contribution < 1.29 is 0 Å². The molecule has 0 bridgehead atoms. The van der Waals surface area contributed by atoms with Crippen LogP contribution in [-0.2, 0) is 0 Å². The zero-order valence-corrected chi connectivity index (χ0v) is 7.99. The second-order valence-electron chi connectivity index (χ2n) is 2.31. The molecule has 0 spiro atoms. The summed E-state index contributed by atoms with van der Waals surface area (Å²) >= 11 is 0. The molecule has 1 nitrogen and oxygen atoms in total. The van der Waals surface area contributed by atoms with Gasteiger partial charge in [-0.05, 0) is 30.4 Å². The molecule has 2 rings (SSSR count). The van der Waals surface area contributed by atoms with Crippen LogP contribution < -0.4 is 10.6 Å². The lowest BCUT2D eigenvalue weighted by Crippen LogP contribution is -2.26. The summed E-state index contributed by atoms with van der Waals surface area (Å²) in [4.78, 5) is 4.20. The standard InChI is InChI=1S/C10H7N.C2H6/c1-2-5-9-6-4-8-11-10(9)7-3-1;1-2/h2-8H;1-2H3. The Bertz CT molecular complexity index is 395. The lowest BCUT2D eigenvalue weighted by molar-refractivity contribution is 1.22. The van der Waals surface area contributed by atoms with Gasteiger partial charge in [-0.15, -0.1) is 5.73 Å². The van der Waals surface area contributed by atoms with Gasteiger partial charge in [-0.1, -0.05) is 19.9 Å². The Hall–Kier alpha value is -1.59. The number of rotatable bonds is 0. The SMILES string of the molecule is C1=CC=c2cccnc2=CC=1.CC. The van der Waals surface area contributed by atoms with Gasteiger partial charge in [0.15, 0.2) is 0 Å². The summed E-state index contributed by atoms with van der Waals surface area (Å²) in [7, 11) is 0. The predicted molar refractivity (Wildman–Crippen MR) is 56.4 cm³/mol. The fraction of sp³-hybridized carbons (Fsp3) is 0.167. The number of pyridine rings is 1. The van der Waals surface area contributed by atoms with Crippen LogP contribution in [0.5, 0.6) is 0 Å². The summed E-state index contributed by atoms with van der Waals surface area (Å²) < 4.78 is 0. The van der Waals surface area contributed by atoms with Crippen molar-refractivity contribution in [3.8, 4) is 0 Å². The molecule has 0 saturated heterocycles. The van der Waals surface area contributed by atoms with Crippen molar-refractivity contribution in [1.29, 1.82) is 0 Å². The van der Waals surface area contributed by atoms with E-state index in [4.69, 9.17) is 0 Å². The highest BCUT2D eigenvalue weighted by atomic mass is 14.6. The molecule has 1 aliphatic carbocycles. The third kappa shape index (κ3) is 2.43. The molecule has 1 aromatic heterocycles. The minimum absolute atomic E-state index is 1.01. The molecule has 1 aromatic rings. The molecule has 13 heavy (non-hydrogen) atoms. The number of nitrogens with zero attached hydrogens (tertiary/aromatic N) is 1. The summed E-state index contributed by atoms with van der Waals surface area (Å²) in [5.41, 5.74) is 2.99. The highest BCUT2D eigenvalue weighted by molar-refractivity contribution is 5.45. The largest absolute Gasteiger partial charge is 0.256 e. The van der Waals surface area contributed by atoms with Gasteiger partial charge in [0.2, 0.25) is 0 Å². The van der Waals surface area contributed by atoms with Gasteiger partial charge < -0.3 is 0 Å². The van der Waals surface area contributed by atoms with E-state index in [0.29, 0.717) is 0 Å². The van der Waals surface area contributed by atoms with Crippen molar-refractivity contribution in [2.75, 3.05) is 0 Å². The van der Waals surface area contributed by atoms with Gasteiger partial charge in [-0.25, -0.2) is 0 Å². The van der Waals surface area contributed by atoms with Gasteiger partial charge in [0.1, 0.15) is 0 Å². The molecule has 1 heteroatoms. The van der Waals surface area contributed by atoms with E-state index < -0.39 is 0 Å². The molecule has 1 aliphatic rings. The number of fused-ring (bicyclic) bond motifs is 1. The van der Waals surface area contributed by atoms with Crippen molar-refractivity contribution in [2.24, 2.45) is 0 Å². The van der Waals surface area contributed by atoms with Crippen molar-refractivity contribution in [2.45, 2.75) is 13.8 Å². The molecule has 0 amide bonds. The van der Waals surface area contributed by atoms with Gasteiger partial charge >= 0.3 is 0 Å². The number of hydrogen-bond acceptors (Lipinski definition) is 1. The van der Waals surface area contributed by atoms with Crippen LogP contribution in [0, 0.1) is 0 Å². The Morgan fingerprint density at radius 2 is 1.92 bits per heavy atom. The molecular weight excluding hydrogens is 158 g/mol. The number of allylic oxidation sites excluding steroid dienone is 1. The third-order valence-electron chi connectivity index (χ3n) is 1.57. The summed E-state index contributed by atoms with van der Waals surface area (Å²) in [6, 6.07) is 3.97. The smallest absolute Gasteiger partial charge is 0.0708 e. The fourth-order valence-corrected chi connectivity index (χ4v) is 1.03. The van der Waals surface area contributed by atoms with Crippen LogP contribution in [0.3, 0.4) is 0 Å². The number of aromatic nitrogens is 1. The van der Waals surface area contributed by atoms with Crippen molar-refractivity contribution in [3.63, 3.8) is 0 Å². The molecule has 0 aliphatic heterocycles. The Labute approximate surface area is 78.4 Å². The first kappa shape index (κ1) is 9.50. The van der Waals surface area contributed by atoms with Crippen molar-refractivity contribution in [1.82, 2.24) is 4.98 Å². The van der Waals surface area contributed by atoms with E-state index in [1.165, 1.54) is 0 Å². The maximum atomic E-state index is 4.20. The quantitative estimate of drug-likeness (QED) is 0.538. The normalized spacial score (nSPS) is 11.2. The Kier molecular flexibility index (Phi) is 3.74. The molecule has 0 fully saturated rings. The van der Waals surface area contributed by atoms with Crippen LogP contribution in [0.1, 0.15) is 13.8 Å². The van der Waals surface area contributed by atoms with Gasteiger partial charge in [0, 0.05) is 11.4 Å². The maximum Gasteiger partial charge on any atom is 0.0708 e. The molecular formula is C12H13N. The lowest BCUT2D eigenvalue weighted by Gasteiger charge is -1.84.